The third kappa shape index (κ3) is 4.09. The first kappa shape index (κ1) is 15.2. The minimum absolute atomic E-state index is 0.738. The summed E-state index contributed by atoms with van der Waals surface area (Å²) in [5.41, 5.74) is 2.45. The van der Waals surface area contributed by atoms with Gasteiger partial charge in [-0.25, -0.2) is 0 Å². The van der Waals surface area contributed by atoms with E-state index in [9.17, 15) is 0 Å². The largest absolute Gasteiger partial charge is 0.398 e. The minimum atomic E-state index is -1.91. The van der Waals surface area contributed by atoms with E-state index in [0.29, 0.717) is 0 Å². The molecule has 0 aliphatic rings. The summed E-state index contributed by atoms with van der Waals surface area (Å²) >= 11 is 0. The molecule has 0 radical (unpaired) electrons. The van der Waals surface area contributed by atoms with Gasteiger partial charge in [-0.3, -0.25) is 0 Å². The Hall–Kier alpha value is -0.903. The van der Waals surface area contributed by atoms with Crippen LogP contribution in [-0.4, -0.2) is 22.3 Å². The predicted molar refractivity (Wildman–Crippen MR) is 79.9 cm³/mol. The van der Waals surface area contributed by atoms with E-state index in [1.165, 1.54) is 5.56 Å². The van der Waals surface area contributed by atoms with Crippen molar-refractivity contribution < 1.29 is 8.85 Å². The molecule has 0 atom stereocenters. The van der Waals surface area contributed by atoms with E-state index in [1.807, 2.05) is 6.08 Å². The van der Waals surface area contributed by atoms with Gasteiger partial charge in [0.25, 0.3) is 0 Å². The van der Waals surface area contributed by atoms with Gasteiger partial charge >= 0.3 is 8.56 Å². The van der Waals surface area contributed by atoms with Crippen molar-refractivity contribution in [3.8, 4) is 0 Å². The highest BCUT2D eigenvalue weighted by Crippen LogP contribution is 2.18. The normalized spacial score (nSPS) is 11.5. The molecular weight excluding hydrogens is 240 g/mol. The van der Waals surface area contributed by atoms with E-state index in [2.05, 4.69) is 44.7 Å². The maximum absolute atomic E-state index is 6.05. The van der Waals surface area contributed by atoms with Crippen LogP contribution in [0.2, 0.25) is 12.1 Å². The highest BCUT2D eigenvalue weighted by Gasteiger charge is 2.31. The van der Waals surface area contributed by atoms with E-state index in [4.69, 9.17) is 8.85 Å². The number of hydrogen-bond donors (Lipinski definition) is 0. The van der Waals surface area contributed by atoms with Crippen LogP contribution in [0.15, 0.2) is 30.8 Å². The van der Waals surface area contributed by atoms with Crippen molar-refractivity contribution in [2.45, 2.75) is 32.4 Å². The molecule has 2 nitrogen and oxygen atoms in total. The molecule has 0 unspecified atom stereocenters. The van der Waals surface area contributed by atoms with Crippen LogP contribution in [0.1, 0.15) is 25.0 Å². The predicted octanol–water partition coefficient (Wildman–Crippen LogP) is 4.02. The molecule has 3 heteroatoms. The van der Waals surface area contributed by atoms with Crippen molar-refractivity contribution in [2.75, 3.05) is 13.7 Å². The lowest BCUT2D eigenvalue weighted by molar-refractivity contribution is 0.202. The Morgan fingerprint density at radius 2 is 2.00 bits per heavy atom. The molecule has 0 saturated heterocycles. The zero-order chi connectivity index (χ0) is 13.4. The first-order valence-electron chi connectivity index (χ1n) is 6.60. The van der Waals surface area contributed by atoms with Gasteiger partial charge in [0.05, 0.1) is 0 Å². The van der Waals surface area contributed by atoms with Gasteiger partial charge in [-0.1, -0.05) is 50.8 Å². The van der Waals surface area contributed by atoms with Crippen LogP contribution in [0, 0.1) is 0 Å². The van der Waals surface area contributed by atoms with E-state index >= 15 is 0 Å². The van der Waals surface area contributed by atoms with E-state index in [-0.39, 0.29) is 0 Å². The first-order valence-corrected chi connectivity index (χ1v) is 8.83. The Morgan fingerprint density at radius 3 is 2.56 bits per heavy atom. The maximum atomic E-state index is 6.05. The van der Waals surface area contributed by atoms with Crippen molar-refractivity contribution >= 4 is 14.6 Å². The van der Waals surface area contributed by atoms with E-state index in [0.717, 1.165) is 30.7 Å². The second-order valence-electron chi connectivity index (χ2n) is 4.37. The van der Waals surface area contributed by atoms with Crippen LogP contribution in [0.4, 0.5) is 0 Å². The SMILES string of the molecule is C=Cc1cccc(CCO[Si](CC)(CC)OC)c1. The van der Waals surface area contributed by atoms with Crippen molar-refractivity contribution in [1.29, 1.82) is 0 Å². The monoisotopic (exact) mass is 264 g/mol. The van der Waals surface area contributed by atoms with Crippen molar-refractivity contribution in [1.82, 2.24) is 0 Å². The van der Waals surface area contributed by atoms with E-state index < -0.39 is 8.56 Å². The lowest BCUT2D eigenvalue weighted by Gasteiger charge is -2.26. The third-order valence-electron chi connectivity index (χ3n) is 3.39. The molecular formula is C15H24O2Si. The molecule has 1 aromatic carbocycles. The Labute approximate surface area is 112 Å². The second kappa shape index (κ2) is 7.51. The molecule has 0 bridgehead atoms. The smallest absolute Gasteiger partial charge is 0.337 e. The molecule has 0 fully saturated rings. The van der Waals surface area contributed by atoms with Crippen LogP contribution in [0.25, 0.3) is 6.08 Å². The fraction of sp³-hybridized carbons (Fsp3) is 0.467. The summed E-state index contributed by atoms with van der Waals surface area (Å²) in [6.45, 7) is 8.83. The fourth-order valence-corrected chi connectivity index (χ4v) is 4.11. The third-order valence-corrected chi connectivity index (χ3v) is 7.02. The zero-order valence-corrected chi connectivity index (χ0v) is 12.7. The van der Waals surface area contributed by atoms with Gasteiger partial charge in [0.1, 0.15) is 0 Å². The summed E-state index contributed by atoms with van der Waals surface area (Å²) in [7, 11) is -0.138. The first-order chi connectivity index (χ1) is 8.69. The van der Waals surface area contributed by atoms with Crippen LogP contribution in [0.5, 0.6) is 0 Å². The second-order valence-corrected chi connectivity index (χ2v) is 8.30. The zero-order valence-electron chi connectivity index (χ0n) is 11.7. The molecule has 1 aromatic rings. The van der Waals surface area contributed by atoms with Gasteiger partial charge in [0.15, 0.2) is 0 Å². The molecule has 0 heterocycles. The minimum Gasteiger partial charge on any atom is -0.398 e. The van der Waals surface area contributed by atoms with Gasteiger partial charge in [-0.05, 0) is 29.6 Å². The van der Waals surface area contributed by atoms with Gasteiger partial charge in [0.2, 0.25) is 0 Å². The summed E-state index contributed by atoms with van der Waals surface area (Å²) in [5.74, 6) is 0. The molecule has 0 spiro atoms. The molecule has 1 rings (SSSR count). The standard InChI is InChI=1S/C15H24O2Si/c1-5-14-9-8-10-15(13-14)11-12-17-18(6-2,7-3)16-4/h5,8-10,13H,1,6-7,11-12H2,2-4H3. The molecule has 0 amide bonds. The fourth-order valence-electron chi connectivity index (χ4n) is 2.03. The van der Waals surface area contributed by atoms with Gasteiger partial charge < -0.3 is 8.85 Å². The van der Waals surface area contributed by atoms with Crippen LogP contribution >= 0.6 is 0 Å². The lowest BCUT2D eigenvalue weighted by Crippen LogP contribution is -2.40. The van der Waals surface area contributed by atoms with Gasteiger partial charge in [-0.2, -0.15) is 0 Å². The summed E-state index contributed by atoms with van der Waals surface area (Å²) in [4.78, 5) is 0. The molecule has 0 aromatic heterocycles. The molecule has 0 N–H and O–H groups in total. The molecule has 0 saturated carbocycles. The molecule has 100 valence electrons. The highest BCUT2D eigenvalue weighted by molar-refractivity contribution is 6.67. The van der Waals surface area contributed by atoms with Crippen LogP contribution in [-0.2, 0) is 15.3 Å². The van der Waals surface area contributed by atoms with Crippen LogP contribution < -0.4 is 0 Å². The van der Waals surface area contributed by atoms with Crippen molar-refractivity contribution in [2.24, 2.45) is 0 Å². The van der Waals surface area contributed by atoms with Crippen molar-refractivity contribution in [3.63, 3.8) is 0 Å². The summed E-state index contributed by atoms with van der Waals surface area (Å²) < 4.78 is 11.7. The lowest BCUT2D eigenvalue weighted by atomic mass is 10.1. The molecule has 0 aliphatic carbocycles. The topological polar surface area (TPSA) is 18.5 Å². The quantitative estimate of drug-likeness (QED) is 0.660. The van der Waals surface area contributed by atoms with Gasteiger partial charge in [0, 0.05) is 13.7 Å². The average Bonchev–Trinajstić information content (AvgIpc) is 2.44. The molecule has 18 heavy (non-hydrogen) atoms. The van der Waals surface area contributed by atoms with Crippen LogP contribution in [0.3, 0.4) is 0 Å². The summed E-state index contributed by atoms with van der Waals surface area (Å²) in [6, 6.07) is 10.4. The molecule has 0 aliphatic heterocycles. The Kier molecular flexibility index (Phi) is 6.33. The number of rotatable bonds is 8. The number of hydrogen-bond acceptors (Lipinski definition) is 2. The number of benzene rings is 1. The average molecular weight is 264 g/mol. The summed E-state index contributed by atoms with van der Waals surface area (Å²) in [5, 5.41) is 0. The Morgan fingerprint density at radius 1 is 1.28 bits per heavy atom. The highest BCUT2D eigenvalue weighted by atomic mass is 28.4. The van der Waals surface area contributed by atoms with E-state index in [1.54, 1.807) is 7.11 Å². The van der Waals surface area contributed by atoms with Gasteiger partial charge in [-0.15, -0.1) is 0 Å². The Balaban J connectivity index is 2.52. The van der Waals surface area contributed by atoms with Crippen molar-refractivity contribution in [3.05, 3.63) is 42.0 Å². The Bertz CT molecular complexity index is 364. The maximum Gasteiger partial charge on any atom is 0.337 e. The summed E-state index contributed by atoms with van der Waals surface area (Å²) in [6.07, 6.45) is 2.80.